The van der Waals surface area contributed by atoms with Crippen molar-refractivity contribution in [3.63, 3.8) is 0 Å². The van der Waals surface area contributed by atoms with E-state index < -0.39 is 0 Å². The maximum atomic E-state index is 12.6. The minimum Gasteiger partial charge on any atom is -0.508 e. The van der Waals surface area contributed by atoms with Crippen molar-refractivity contribution < 1.29 is 9.90 Å². The summed E-state index contributed by atoms with van der Waals surface area (Å²) in [5.41, 5.74) is 0.869. The van der Waals surface area contributed by atoms with Crippen LogP contribution in [-0.4, -0.2) is 59.0 Å². The van der Waals surface area contributed by atoms with Crippen LogP contribution in [-0.2, 0) is 0 Å². The summed E-state index contributed by atoms with van der Waals surface area (Å²) < 4.78 is 0.949. The molecule has 2 aromatic heterocycles. The average Bonchev–Trinajstić information content (AvgIpc) is 3.21. The van der Waals surface area contributed by atoms with Gasteiger partial charge in [0.15, 0.2) is 0 Å². The van der Waals surface area contributed by atoms with Gasteiger partial charge in [0.2, 0.25) is 0 Å². The van der Waals surface area contributed by atoms with Crippen molar-refractivity contribution in [2.45, 2.75) is 0 Å². The minimum absolute atomic E-state index is 0.109. The molecule has 0 radical (unpaired) electrons. The summed E-state index contributed by atoms with van der Waals surface area (Å²) in [5.74, 6) is 0.355. The second-order valence-corrected chi connectivity index (χ2v) is 8.04. The molecule has 1 N–H and O–H groups in total. The molecule has 0 spiro atoms. The van der Waals surface area contributed by atoms with Crippen molar-refractivity contribution >= 4 is 38.8 Å². The van der Waals surface area contributed by atoms with Gasteiger partial charge in [-0.25, -0.2) is 4.98 Å². The van der Waals surface area contributed by atoms with Gasteiger partial charge < -0.3 is 14.9 Å². The Balaban J connectivity index is 1.58. The lowest BCUT2D eigenvalue weighted by molar-refractivity contribution is 0.0669. The summed E-state index contributed by atoms with van der Waals surface area (Å²) in [7, 11) is 2.08. The van der Waals surface area contributed by atoms with Gasteiger partial charge in [0.1, 0.15) is 10.8 Å². The van der Waals surface area contributed by atoms with Crippen LogP contribution in [0.2, 0.25) is 0 Å². The fourth-order valence-electron chi connectivity index (χ4n) is 2.75. The number of piperazine rings is 1. The Bertz CT molecular complexity index is 894. The van der Waals surface area contributed by atoms with Crippen molar-refractivity contribution in [3.8, 4) is 15.6 Å². The zero-order valence-corrected chi connectivity index (χ0v) is 14.9. The second-order valence-electron chi connectivity index (χ2n) is 5.93. The van der Waals surface area contributed by atoms with E-state index in [0.717, 1.165) is 51.2 Å². The van der Waals surface area contributed by atoms with E-state index in [1.807, 2.05) is 23.1 Å². The first-order chi connectivity index (χ1) is 11.6. The van der Waals surface area contributed by atoms with Crippen LogP contribution in [0.1, 0.15) is 9.67 Å². The first-order valence-electron chi connectivity index (χ1n) is 7.78. The van der Waals surface area contributed by atoms with Crippen molar-refractivity contribution in [2.75, 3.05) is 33.2 Å². The highest BCUT2D eigenvalue weighted by Gasteiger charge is 2.22. The average molecular weight is 359 g/mol. The van der Waals surface area contributed by atoms with E-state index in [1.165, 1.54) is 22.7 Å². The zero-order chi connectivity index (χ0) is 16.7. The van der Waals surface area contributed by atoms with E-state index in [9.17, 15) is 9.90 Å². The molecule has 0 unspecified atom stereocenters. The maximum Gasteiger partial charge on any atom is 0.264 e. The maximum absolute atomic E-state index is 12.6. The Labute approximate surface area is 147 Å². The van der Waals surface area contributed by atoms with Gasteiger partial charge in [-0.05, 0) is 37.4 Å². The van der Waals surface area contributed by atoms with Crippen molar-refractivity contribution in [3.05, 3.63) is 35.2 Å². The number of hydrogen-bond acceptors (Lipinski definition) is 6. The lowest BCUT2D eigenvalue weighted by Crippen LogP contribution is -2.46. The lowest BCUT2D eigenvalue weighted by atomic mass is 10.3. The molecule has 3 aromatic rings. The smallest absolute Gasteiger partial charge is 0.264 e. The largest absolute Gasteiger partial charge is 0.508 e. The monoisotopic (exact) mass is 359 g/mol. The molecule has 5 nitrogen and oxygen atoms in total. The van der Waals surface area contributed by atoms with Gasteiger partial charge in [0.05, 0.1) is 20.0 Å². The number of phenols is 1. The molecule has 1 saturated heterocycles. The van der Waals surface area contributed by atoms with Crippen LogP contribution in [0.15, 0.2) is 30.3 Å². The van der Waals surface area contributed by atoms with Crippen molar-refractivity contribution in [1.29, 1.82) is 0 Å². The van der Waals surface area contributed by atoms with Gasteiger partial charge in [-0.2, -0.15) is 0 Å². The zero-order valence-electron chi connectivity index (χ0n) is 13.2. The normalized spacial score (nSPS) is 16.0. The quantitative estimate of drug-likeness (QED) is 0.764. The number of carbonyl (C=O) groups is 1. The summed E-state index contributed by atoms with van der Waals surface area (Å²) in [4.78, 5) is 23.2. The predicted octanol–water partition coefficient (Wildman–Crippen LogP) is 3.12. The van der Waals surface area contributed by atoms with Gasteiger partial charge >= 0.3 is 0 Å². The minimum atomic E-state index is 0.109. The number of thiazole rings is 1. The van der Waals surface area contributed by atoms with Gasteiger partial charge in [0.25, 0.3) is 5.91 Å². The van der Waals surface area contributed by atoms with Crippen LogP contribution in [0.25, 0.3) is 20.1 Å². The number of thiophene rings is 1. The number of rotatable bonds is 2. The Morgan fingerprint density at radius 2 is 1.92 bits per heavy atom. The van der Waals surface area contributed by atoms with Gasteiger partial charge in [-0.15, -0.1) is 22.7 Å². The van der Waals surface area contributed by atoms with Crippen LogP contribution >= 0.6 is 22.7 Å². The number of phenolic OH excluding ortho intramolecular Hbond substituents is 1. The fourth-order valence-corrected chi connectivity index (χ4v) is 4.78. The molecule has 0 atom stereocenters. The topological polar surface area (TPSA) is 56.7 Å². The van der Waals surface area contributed by atoms with Gasteiger partial charge in [-0.3, -0.25) is 4.79 Å². The third-order valence-corrected chi connectivity index (χ3v) is 6.45. The molecule has 0 saturated carbocycles. The molecular weight excluding hydrogens is 342 g/mol. The van der Waals surface area contributed by atoms with Gasteiger partial charge in [-0.1, -0.05) is 0 Å². The molecule has 1 aromatic carbocycles. The highest BCUT2D eigenvalue weighted by atomic mass is 32.1. The molecule has 1 aliphatic heterocycles. The molecule has 1 fully saturated rings. The summed E-state index contributed by atoms with van der Waals surface area (Å²) in [6.07, 6.45) is 0. The Hall–Kier alpha value is -1.96. The Morgan fingerprint density at radius 3 is 2.71 bits per heavy atom. The second kappa shape index (κ2) is 6.16. The standard InChI is InChI=1S/C17H17N3O2S2/c1-19-6-8-20(9-7-19)17(22)14-5-4-13(23-14)16-18-12-3-2-11(21)10-15(12)24-16/h2-5,10,21H,6-9H2,1H3. The molecule has 3 heterocycles. The summed E-state index contributed by atoms with van der Waals surface area (Å²) in [5, 5.41) is 10.5. The van der Waals surface area contributed by atoms with Gasteiger partial charge in [0, 0.05) is 26.2 Å². The molecule has 1 aliphatic rings. The molecular formula is C17H17N3O2S2. The van der Waals surface area contributed by atoms with Crippen molar-refractivity contribution in [1.82, 2.24) is 14.8 Å². The number of aromatic hydroxyl groups is 1. The molecule has 124 valence electrons. The third kappa shape index (κ3) is 2.90. The summed E-state index contributed by atoms with van der Waals surface area (Å²) in [6, 6.07) is 9.04. The number of carbonyl (C=O) groups excluding carboxylic acids is 1. The molecule has 1 amide bonds. The predicted molar refractivity (Wildman–Crippen MR) is 98.0 cm³/mol. The molecule has 0 bridgehead atoms. The highest BCUT2D eigenvalue weighted by Crippen LogP contribution is 2.36. The molecule has 4 rings (SSSR count). The van der Waals surface area contributed by atoms with E-state index >= 15 is 0 Å². The number of fused-ring (bicyclic) bond motifs is 1. The van der Waals surface area contributed by atoms with Crippen LogP contribution in [0, 0.1) is 0 Å². The van der Waals surface area contributed by atoms with E-state index in [-0.39, 0.29) is 11.7 Å². The third-order valence-electron chi connectivity index (χ3n) is 4.19. The van der Waals surface area contributed by atoms with Crippen LogP contribution in [0.4, 0.5) is 0 Å². The van der Waals surface area contributed by atoms with E-state index in [2.05, 4.69) is 16.9 Å². The molecule has 7 heteroatoms. The number of benzene rings is 1. The number of aromatic nitrogens is 1. The summed E-state index contributed by atoms with van der Waals surface area (Å²) in [6.45, 7) is 3.41. The number of likely N-dealkylation sites (N-methyl/N-ethyl adjacent to an activating group) is 1. The Kier molecular flexibility index (Phi) is 3.99. The highest BCUT2D eigenvalue weighted by molar-refractivity contribution is 7.26. The first-order valence-corrected chi connectivity index (χ1v) is 9.41. The number of nitrogens with zero attached hydrogens (tertiary/aromatic N) is 3. The fraction of sp³-hybridized carbons (Fsp3) is 0.294. The number of hydrogen-bond donors (Lipinski definition) is 1. The summed E-state index contributed by atoms with van der Waals surface area (Å²) >= 11 is 3.02. The van der Waals surface area contributed by atoms with Crippen LogP contribution < -0.4 is 0 Å². The Morgan fingerprint density at radius 1 is 1.12 bits per heavy atom. The van der Waals surface area contributed by atoms with Crippen molar-refractivity contribution in [2.24, 2.45) is 0 Å². The first kappa shape index (κ1) is 15.6. The SMILES string of the molecule is CN1CCN(C(=O)c2ccc(-c3nc4ccc(O)cc4s3)s2)CC1. The van der Waals surface area contributed by atoms with Crippen LogP contribution in [0.5, 0.6) is 5.75 Å². The van der Waals surface area contributed by atoms with E-state index in [1.54, 1.807) is 12.1 Å². The molecule has 24 heavy (non-hydrogen) atoms. The van der Waals surface area contributed by atoms with E-state index in [0.29, 0.717) is 0 Å². The van der Waals surface area contributed by atoms with Crippen LogP contribution in [0.3, 0.4) is 0 Å². The van der Waals surface area contributed by atoms with E-state index in [4.69, 9.17) is 0 Å². The number of amides is 1. The lowest BCUT2D eigenvalue weighted by Gasteiger charge is -2.32. The molecule has 0 aliphatic carbocycles.